The van der Waals surface area contributed by atoms with Crippen LogP contribution in [0, 0.1) is 0 Å². The second-order valence-electron chi connectivity index (χ2n) is 7.22. The van der Waals surface area contributed by atoms with Crippen LogP contribution in [0.5, 0.6) is 5.75 Å². The van der Waals surface area contributed by atoms with Crippen molar-refractivity contribution in [1.82, 2.24) is 5.32 Å². The Balaban J connectivity index is 2.08. The van der Waals surface area contributed by atoms with Crippen molar-refractivity contribution in [2.45, 2.75) is 59.0 Å². The summed E-state index contributed by atoms with van der Waals surface area (Å²) in [5, 5.41) is 3.30. The van der Waals surface area contributed by atoms with Crippen LogP contribution in [0.4, 0.5) is 0 Å². The van der Waals surface area contributed by atoms with Crippen LogP contribution in [0.15, 0.2) is 46.8 Å². The Morgan fingerprint density at radius 1 is 1.22 bits per heavy atom. The van der Waals surface area contributed by atoms with Gasteiger partial charge in [0.25, 0.3) is 0 Å². The van der Waals surface area contributed by atoms with Crippen molar-refractivity contribution < 1.29 is 19.1 Å². The molecule has 0 amide bonds. The van der Waals surface area contributed by atoms with Gasteiger partial charge in [-0.3, -0.25) is 4.79 Å². The van der Waals surface area contributed by atoms with E-state index in [2.05, 4.69) is 5.32 Å². The predicted octanol–water partition coefficient (Wildman–Crippen LogP) is 4.00. The summed E-state index contributed by atoms with van der Waals surface area (Å²) >= 11 is 0. The van der Waals surface area contributed by atoms with Crippen LogP contribution in [0.2, 0.25) is 0 Å². The van der Waals surface area contributed by atoms with Crippen LogP contribution in [0.1, 0.15) is 58.4 Å². The summed E-state index contributed by atoms with van der Waals surface area (Å²) in [6.07, 6.45) is 1.94. The molecule has 1 aromatic rings. The number of benzene rings is 1. The molecule has 5 heteroatoms. The highest BCUT2D eigenvalue weighted by Gasteiger charge is 2.39. The monoisotopic (exact) mass is 369 g/mol. The van der Waals surface area contributed by atoms with Gasteiger partial charge in [-0.05, 0) is 58.2 Å². The number of hydrogen-bond donors (Lipinski definition) is 1. The van der Waals surface area contributed by atoms with Crippen LogP contribution in [-0.4, -0.2) is 24.5 Å². The van der Waals surface area contributed by atoms with Gasteiger partial charge in [-0.25, -0.2) is 4.79 Å². The first-order valence-corrected chi connectivity index (χ1v) is 9.60. The van der Waals surface area contributed by atoms with Gasteiger partial charge < -0.3 is 14.8 Å². The highest BCUT2D eigenvalue weighted by molar-refractivity contribution is 6.03. The molecule has 2 aliphatic rings. The van der Waals surface area contributed by atoms with Gasteiger partial charge in [-0.1, -0.05) is 12.1 Å². The molecule has 0 radical (unpaired) electrons. The smallest absolute Gasteiger partial charge is 0.337 e. The lowest BCUT2D eigenvalue weighted by Crippen LogP contribution is -2.34. The summed E-state index contributed by atoms with van der Waals surface area (Å²) in [6, 6.07) is 7.64. The minimum absolute atomic E-state index is 0.102. The summed E-state index contributed by atoms with van der Waals surface area (Å²) in [4.78, 5) is 25.7. The lowest BCUT2D eigenvalue weighted by Gasteiger charge is -2.34. The number of ether oxygens (including phenoxy) is 2. The normalized spacial score (nSPS) is 19.7. The highest BCUT2D eigenvalue weighted by atomic mass is 16.5. The van der Waals surface area contributed by atoms with E-state index < -0.39 is 5.92 Å². The van der Waals surface area contributed by atoms with Gasteiger partial charge in [-0.15, -0.1) is 0 Å². The van der Waals surface area contributed by atoms with Gasteiger partial charge in [0.15, 0.2) is 5.78 Å². The topological polar surface area (TPSA) is 64.6 Å². The second-order valence-corrected chi connectivity index (χ2v) is 7.22. The average Bonchev–Trinajstić information content (AvgIpc) is 2.61. The molecule has 1 N–H and O–H groups in total. The lowest BCUT2D eigenvalue weighted by molar-refractivity contribution is -0.143. The number of allylic oxidation sites excluding steroid dienone is 3. The molecule has 3 rings (SSSR count). The Kier molecular flexibility index (Phi) is 5.68. The van der Waals surface area contributed by atoms with Crippen molar-refractivity contribution in [3.05, 3.63) is 52.4 Å². The minimum atomic E-state index is -0.407. The van der Waals surface area contributed by atoms with Crippen LogP contribution < -0.4 is 10.1 Å². The zero-order valence-corrected chi connectivity index (χ0v) is 16.4. The van der Waals surface area contributed by atoms with Gasteiger partial charge in [-0.2, -0.15) is 0 Å². The van der Waals surface area contributed by atoms with E-state index in [0.717, 1.165) is 35.5 Å². The fraction of sp³-hybridized carbons (Fsp3) is 0.455. The number of Topliss-reactive ketones (excluding diaryl/α,β-unsaturated/α-hetero) is 1. The third-order valence-electron chi connectivity index (χ3n) is 4.86. The van der Waals surface area contributed by atoms with E-state index >= 15 is 0 Å². The molecular formula is C22H27NO4. The summed E-state index contributed by atoms with van der Waals surface area (Å²) in [7, 11) is 0. The molecule has 0 saturated carbocycles. The number of esters is 1. The first-order chi connectivity index (χ1) is 12.9. The molecule has 27 heavy (non-hydrogen) atoms. The van der Waals surface area contributed by atoms with Gasteiger partial charge in [0.05, 0.1) is 18.3 Å². The molecule has 1 aromatic carbocycles. The molecule has 1 aliphatic heterocycles. The van der Waals surface area contributed by atoms with Crippen LogP contribution in [-0.2, 0) is 14.3 Å². The van der Waals surface area contributed by atoms with E-state index in [4.69, 9.17) is 9.47 Å². The van der Waals surface area contributed by atoms with Gasteiger partial charge in [0, 0.05) is 29.3 Å². The number of carbonyl (C=O) groups is 2. The van der Waals surface area contributed by atoms with Crippen molar-refractivity contribution in [2.75, 3.05) is 6.61 Å². The first-order valence-electron chi connectivity index (χ1n) is 9.60. The van der Waals surface area contributed by atoms with Crippen LogP contribution in [0.25, 0.3) is 0 Å². The number of hydrogen-bond acceptors (Lipinski definition) is 5. The number of ketones is 1. The maximum atomic E-state index is 12.9. The second kappa shape index (κ2) is 7.99. The Hall–Kier alpha value is -2.56. The van der Waals surface area contributed by atoms with Gasteiger partial charge in [0.2, 0.25) is 0 Å². The fourth-order valence-corrected chi connectivity index (χ4v) is 3.79. The Labute approximate surface area is 160 Å². The maximum absolute atomic E-state index is 12.9. The van der Waals surface area contributed by atoms with Gasteiger partial charge in [0.1, 0.15) is 5.75 Å². The molecular weight excluding hydrogens is 342 g/mol. The summed E-state index contributed by atoms with van der Waals surface area (Å²) < 4.78 is 11.0. The number of rotatable bonds is 5. The average molecular weight is 369 g/mol. The lowest BCUT2D eigenvalue weighted by atomic mass is 9.75. The van der Waals surface area contributed by atoms with E-state index in [0.29, 0.717) is 24.2 Å². The zero-order valence-electron chi connectivity index (χ0n) is 16.4. The highest BCUT2D eigenvalue weighted by Crippen LogP contribution is 2.42. The standard InChI is InChI=1S/C22H27NO4/c1-5-26-16-11-9-15(10-12-16)20-19(22(25)27-13(2)3)14(4)23-17-7-6-8-18(24)21(17)20/h9-13,20,23H,5-8H2,1-4H3. The number of dihydropyridines is 1. The number of carbonyl (C=O) groups excluding carboxylic acids is 2. The summed E-state index contributed by atoms with van der Waals surface area (Å²) in [6.45, 7) is 8.05. The predicted molar refractivity (Wildman–Crippen MR) is 103 cm³/mol. The molecule has 5 nitrogen and oxygen atoms in total. The molecule has 1 unspecified atom stereocenters. The van der Waals surface area contributed by atoms with Crippen molar-refractivity contribution in [3.63, 3.8) is 0 Å². The molecule has 0 bridgehead atoms. The Morgan fingerprint density at radius 2 is 1.93 bits per heavy atom. The molecule has 1 atom stereocenters. The summed E-state index contributed by atoms with van der Waals surface area (Å²) in [5.74, 6) is 0.0890. The Bertz CT molecular complexity index is 802. The van der Waals surface area contributed by atoms with E-state index in [1.165, 1.54) is 0 Å². The van der Waals surface area contributed by atoms with Crippen LogP contribution >= 0.6 is 0 Å². The van der Waals surface area contributed by atoms with E-state index in [-0.39, 0.29) is 17.9 Å². The molecule has 0 spiro atoms. The molecule has 144 valence electrons. The van der Waals surface area contributed by atoms with E-state index in [1.54, 1.807) is 0 Å². The molecule has 1 aliphatic carbocycles. The zero-order chi connectivity index (χ0) is 19.6. The molecule has 0 aromatic heterocycles. The third kappa shape index (κ3) is 3.92. The van der Waals surface area contributed by atoms with Crippen molar-refractivity contribution in [2.24, 2.45) is 0 Å². The van der Waals surface area contributed by atoms with Crippen molar-refractivity contribution in [3.8, 4) is 5.75 Å². The van der Waals surface area contributed by atoms with Crippen molar-refractivity contribution >= 4 is 11.8 Å². The SMILES string of the molecule is CCOc1ccc(C2C(C(=O)OC(C)C)=C(C)NC3=C2C(=O)CCC3)cc1. The van der Waals surface area contributed by atoms with Gasteiger partial charge >= 0.3 is 5.97 Å². The molecule has 0 fully saturated rings. The maximum Gasteiger partial charge on any atom is 0.337 e. The van der Waals surface area contributed by atoms with E-state index in [9.17, 15) is 9.59 Å². The Morgan fingerprint density at radius 3 is 2.56 bits per heavy atom. The van der Waals surface area contributed by atoms with Crippen LogP contribution in [0.3, 0.4) is 0 Å². The third-order valence-corrected chi connectivity index (χ3v) is 4.86. The minimum Gasteiger partial charge on any atom is -0.494 e. The molecule has 0 saturated heterocycles. The largest absolute Gasteiger partial charge is 0.494 e. The molecule has 1 heterocycles. The fourth-order valence-electron chi connectivity index (χ4n) is 3.79. The van der Waals surface area contributed by atoms with E-state index in [1.807, 2.05) is 52.0 Å². The summed E-state index contributed by atoms with van der Waals surface area (Å²) in [5.41, 5.74) is 3.81. The van der Waals surface area contributed by atoms with Crippen molar-refractivity contribution in [1.29, 1.82) is 0 Å². The number of nitrogens with one attached hydrogen (secondary N) is 1. The quantitative estimate of drug-likeness (QED) is 0.795. The first kappa shape index (κ1) is 19.2.